The fourth-order valence-corrected chi connectivity index (χ4v) is 0.370. The van der Waals surface area contributed by atoms with Crippen molar-refractivity contribution in [2.24, 2.45) is 5.92 Å². The van der Waals surface area contributed by atoms with E-state index in [0.29, 0.717) is 0 Å². The Labute approximate surface area is 92.2 Å². The largest absolute Gasteiger partial charge is 1.00 e. The molecule has 0 spiro atoms. The minimum Gasteiger partial charge on any atom is -0.197 e. The van der Waals surface area contributed by atoms with Gasteiger partial charge in [0.05, 0.1) is 12.1 Å². The zero-order chi connectivity index (χ0) is 8.69. The number of rotatable bonds is 1. The predicted octanol–water partition coefficient (Wildman–Crippen LogP) is -2.37. The van der Waals surface area contributed by atoms with E-state index < -0.39 is 5.92 Å². The SMILES string of the molecule is N#CC(C#N)=CC(C#N)C#N.[Na+]. The molecule has 0 aromatic rings. The van der Waals surface area contributed by atoms with Gasteiger partial charge in [0.25, 0.3) is 0 Å². The fourth-order valence-electron chi connectivity index (χ4n) is 0.370. The van der Waals surface area contributed by atoms with Crippen LogP contribution in [0.4, 0.5) is 0 Å². The molecule has 0 saturated carbocycles. The molecule has 4 nitrogen and oxygen atoms in total. The van der Waals surface area contributed by atoms with E-state index in [1.54, 1.807) is 24.3 Å². The van der Waals surface area contributed by atoms with E-state index in [2.05, 4.69) is 0 Å². The van der Waals surface area contributed by atoms with Crippen molar-refractivity contribution in [2.75, 3.05) is 0 Å². The van der Waals surface area contributed by atoms with Crippen LogP contribution in [0.3, 0.4) is 0 Å². The van der Waals surface area contributed by atoms with Crippen LogP contribution in [0, 0.1) is 51.2 Å². The molecule has 0 N–H and O–H groups in total. The first-order chi connectivity index (χ1) is 5.28. The Morgan fingerprint density at radius 2 is 1.42 bits per heavy atom. The quantitative estimate of drug-likeness (QED) is 0.320. The third-order valence-corrected chi connectivity index (χ3v) is 0.852. The van der Waals surface area contributed by atoms with Crippen LogP contribution >= 0.6 is 0 Å². The first-order valence-corrected chi connectivity index (χ1v) is 2.59. The van der Waals surface area contributed by atoms with Gasteiger partial charge in [0.1, 0.15) is 17.7 Å². The molecular weight excluding hydrogens is 163 g/mol. The van der Waals surface area contributed by atoms with Crippen LogP contribution in [-0.2, 0) is 0 Å². The van der Waals surface area contributed by atoms with E-state index in [9.17, 15) is 0 Å². The van der Waals surface area contributed by atoms with Crippen molar-refractivity contribution in [3.63, 3.8) is 0 Å². The summed E-state index contributed by atoms with van der Waals surface area (Å²) < 4.78 is 0. The van der Waals surface area contributed by atoms with Gasteiger partial charge in [-0.3, -0.25) is 0 Å². The Morgan fingerprint density at radius 1 is 1.00 bits per heavy atom. The second-order valence-corrected chi connectivity index (χ2v) is 1.54. The van der Waals surface area contributed by atoms with Crippen LogP contribution in [0.5, 0.6) is 0 Å². The molecule has 0 amide bonds. The average molecular weight is 165 g/mol. The molecule has 0 aliphatic heterocycles. The third-order valence-electron chi connectivity index (χ3n) is 0.852. The Kier molecular flexibility index (Phi) is 8.65. The van der Waals surface area contributed by atoms with E-state index in [4.69, 9.17) is 21.0 Å². The number of hydrogen-bond donors (Lipinski definition) is 0. The molecule has 0 saturated heterocycles. The summed E-state index contributed by atoms with van der Waals surface area (Å²) in [6.07, 6.45) is 1.03. The molecule has 0 aliphatic rings. The van der Waals surface area contributed by atoms with Crippen molar-refractivity contribution in [3.8, 4) is 24.3 Å². The minimum absolute atomic E-state index is 0. The molecule has 50 valence electrons. The molecule has 0 aliphatic carbocycles. The van der Waals surface area contributed by atoms with Crippen molar-refractivity contribution in [2.45, 2.75) is 0 Å². The Morgan fingerprint density at radius 3 is 1.67 bits per heavy atom. The number of allylic oxidation sites excluding steroid dienone is 2. The summed E-state index contributed by atoms with van der Waals surface area (Å²) in [6.45, 7) is 0. The molecule has 0 atom stereocenters. The Balaban J connectivity index is 0. The van der Waals surface area contributed by atoms with Gasteiger partial charge in [-0.2, -0.15) is 21.0 Å². The predicted molar refractivity (Wildman–Crippen MR) is 34.0 cm³/mol. The van der Waals surface area contributed by atoms with Crippen LogP contribution < -0.4 is 29.6 Å². The summed E-state index contributed by atoms with van der Waals surface area (Å²) in [5.41, 5.74) is -0.210. The van der Waals surface area contributed by atoms with Crippen molar-refractivity contribution in [3.05, 3.63) is 11.6 Å². The van der Waals surface area contributed by atoms with Crippen LogP contribution in [0.2, 0.25) is 0 Å². The molecule has 0 unspecified atom stereocenters. The monoisotopic (exact) mass is 165 g/mol. The van der Waals surface area contributed by atoms with Crippen molar-refractivity contribution in [1.82, 2.24) is 0 Å². The van der Waals surface area contributed by atoms with Crippen molar-refractivity contribution < 1.29 is 29.6 Å². The van der Waals surface area contributed by atoms with Gasteiger partial charge in [-0.05, 0) is 6.08 Å². The smallest absolute Gasteiger partial charge is 0.197 e. The molecule has 0 fully saturated rings. The molecule has 0 aromatic carbocycles. The normalized spacial score (nSPS) is 6.08. The van der Waals surface area contributed by atoms with Gasteiger partial charge in [0.15, 0.2) is 5.92 Å². The third kappa shape index (κ3) is 4.51. The van der Waals surface area contributed by atoms with Gasteiger partial charge in [-0.1, -0.05) is 0 Å². The Hall–Kier alpha value is -1.30. The standard InChI is InChI=1S/C7H2N4.Na/c8-2-6(3-9)1-7(4-10)5-11;/h1,6H;/q;+1. The maximum atomic E-state index is 8.23. The van der Waals surface area contributed by atoms with Gasteiger partial charge in [-0.25, -0.2) is 0 Å². The second-order valence-electron chi connectivity index (χ2n) is 1.54. The van der Waals surface area contributed by atoms with Crippen LogP contribution in [0.1, 0.15) is 0 Å². The topological polar surface area (TPSA) is 95.2 Å². The maximum absolute atomic E-state index is 8.23. The second kappa shape index (κ2) is 7.80. The molecule has 5 heteroatoms. The summed E-state index contributed by atoms with van der Waals surface area (Å²) in [7, 11) is 0. The molecule has 12 heavy (non-hydrogen) atoms. The molecule has 0 radical (unpaired) electrons. The van der Waals surface area contributed by atoms with Crippen molar-refractivity contribution in [1.29, 1.82) is 21.0 Å². The van der Waals surface area contributed by atoms with Crippen LogP contribution in [-0.4, -0.2) is 0 Å². The van der Waals surface area contributed by atoms with E-state index in [1.165, 1.54) is 0 Å². The fraction of sp³-hybridized carbons (Fsp3) is 0.143. The van der Waals surface area contributed by atoms with E-state index in [-0.39, 0.29) is 35.1 Å². The molecular formula is C7H2N4Na+. The van der Waals surface area contributed by atoms with E-state index >= 15 is 0 Å². The number of hydrogen-bond acceptors (Lipinski definition) is 4. The summed E-state index contributed by atoms with van der Waals surface area (Å²) in [6, 6.07) is 6.32. The Bertz CT molecular complexity index is 300. The van der Waals surface area contributed by atoms with Gasteiger partial charge in [-0.15, -0.1) is 0 Å². The van der Waals surface area contributed by atoms with Gasteiger partial charge in [0, 0.05) is 0 Å². The zero-order valence-electron chi connectivity index (χ0n) is 6.44. The molecule has 0 rings (SSSR count). The van der Waals surface area contributed by atoms with E-state index in [0.717, 1.165) is 6.08 Å². The summed E-state index contributed by atoms with van der Waals surface area (Å²) in [4.78, 5) is 0. The maximum Gasteiger partial charge on any atom is 1.00 e. The first-order valence-electron chi connectivity index (χ1n) is 2.59. The van der Waals surface area contributed by atoms with Crippen LogP contribution in [0.25, 0.3) is 0 Å². The summed E-state index contributed by atoms with van der Waals surface area (Å²) in [5.74, 6) is -1.01. The summed E-state index contributed by atoms with van der Waals surface area (Å²) in [5, 5.41) is 32.9. The van der Waals surface area contributed by atoms with Gasteiger partial charge >= 0.3 is 29.6 Å². The zero-order valence-corrected chi connectivity index (χ0v) is 8.44. The van der Waals surface area contributed by atoms with Crippen molar-refractivity contribution >= 4 is 0 Å². The minimum atomic E-state index is -1.01. The van der Waals surface area contributed by atoms with E-state index in [1.807, 2.05) is 0 Å². The summed E-state index contributed by atoms with van der Waals surface area (Å²) >= 11 is 0. The van der Waals surface area contributed by atoms with Gasteiger partial charge < -0.3 is 0 Å². The van der Waals surface area contributed by atoms with Crippen LogP contribution in [0.15, 0.2) is 11.6 Å². The average Bonchev–Trinajstić information content (AvgIpc) is 2.07. The molecule has 0 bridgehead atoms. The number of nitriles is 4. The molecule has 0 heterocycles. The first kappa shape index (κ1) is 13.3. The molecule has 0 aromatic heterocycles. The van der Waals surface area contributed by atoms with Gasteiger partial charge in [0.2, 0.25) is 0 Å². The number of nitrogens with zero attached hydrogens (tertiary/aromatic N) is 4.